The number of hydrogen-bond acceptors (Lipinski definition) is 5. The van der Waals surface area contributed by atoms with Gasteiger partial charge in [0.05, 0.1) is 25.6 Å². The van der Waals surface area contributed by atoms with E-state index in [-0.39, 0.29) is 0 Å². The minimum Gasteiger partial charge on any atom is -0.494 e. The van der Waals surface area contributed by atoms with Crippen LogP contribution in [-0.4, -0.2) is 36.4 Å². The Morgan fingerprint density at radius 2 is 1.20 bits per heavy atom. The van der Waals surface area contributed by atoms with E-state index in [2.05, 4.69) is 23.8 Å². The second-order valence-electron chi connectivity index (χ2n) is 7.55. The highest BCUT2D eigenvalue weighted by Crippen LogP contribution is 2.20. The smallest absolute Gasteiger partial charge is 0.159 e. The third-order valence-electron chi connectivity index (χ3n) is 4.81. The number of aromatic nitrogens is 2. The summed E-state index contributed by atoms with van der Waals surface area (Å²) in [5.74, 6) is 2.31. The molecule has 1 aromatic heterocycles. The predicted octanol–water partition coefficient (Wildman–Crippen LogP) is 6.47. The molecular weight excluding hydrogens is 376 g/mol. The number of unbranched alkanes of at least 4 members (excludes halogenated alkanes) is 6. The average Bonchev–Trinajstić information content (AvgIpc) is 2.79. The Labute approximate surface area is 182 Å². The Morgan fingerprint density at radius 3 is 1.83 bits per heavy atom. The second-order valence-corrected chi connectivity index (χ2v) is 7.55. The van der Waals surface area contributed by atoms with Crippen molar-refractivity contribution in [3.8, 4) is 22.9 Å². The average molecular weight is 415 g/mol. The van der Waals surface area contributed by atoms with Crippen molar-refractivity contribution in [2.45, 2.75) is 71.6 Å². The van der Waals surface area contributed by atoms with Crippen molar-refractivity contribution < 1.29 is 14.2 Å². The number of benzene rings is 1. The largest absolute Gasteiger partial charge is 0.494 e. The van der Waals surface area contributed by atoms with E-state index in [1.54, 1.807) is 12.4 Å². The highest BCUT2D eigenvalue weighted by atomic mass is 16.5. The third kappa shape index (κ3) is 10.1. The van der Waals surface area contributed by atoms with Gasteiger partial charge in [-0.15, -0.1) is 0 Å². The molecule has 0 radical (unpaired) electrons. The molecule has 2 aromatic rings. The van der Waals surface area contributed by atoms with Crippen molar-refractivity contribution in [3.63, 3.8) is 0 Å². The van der Waals surface area contributed by atoms with E-state index in [1.807, 2.05) is 24.3 Å². The van der Waals surface area contributed by atoms with Crippen LogP contribution in [0.4, 0.5) is 0 Å². The topological polar surface area (TPSA) is 53.5 Å². The molecule has 0 unspecified atom stereocenters. The summed E-state index contributed by atoms with van der Waals surface area (Å²) in [6, 6.07) is 7.97. The lowest BCUT2D eigenvalue weighted by molar-refractivity contribution is 0.130. The summed E-state index contributed by atoms with van der Waals surface area (Å²) in [7, 11) is 0. The molecule has 0 aliphatic rings. The normalized spacial score (nSPS) is 10.9. The lowest BCUT2D eigenvalue weighted by atomic mass is 10.2. The van der Waals surface area contributed by atoms with Gasteiger partial charge in [-0.25, -0.2) is 9.97 Å². The molecule has 1 heterocycles. The molecule has 5 heteroatoms. The van der Waals surface area contributed by atoms with Crippen LogP contribution >= 0.6 is 0 Å². The number of rotatable bonds is 17. The van der Waals surface area contributed by atoms with Gasteiger partial charge in [-0.1, -0.05) is 39.5 Å². The molecule has 0 amide bonds. The van der Waals surface area contributed by atoms with E-state index >= 15 is 0 Å². The molecule has 1 aromatic carbocycles. The zero-order valence-corrected chi connectivity index (χ0v) is 18.8. The first-order valence-corrected chi connectivity index (χ1v) is 11.6. The van der Waals surface area contributed by atoms with Gasteiger partial charge in [0, 0.05) is 18.8 Å². The Bertz CT molecular complexity index is 659. The van der Waals surface area contributed by atoms with Crippen LogP contribution in [0.5, 0.6) is 11.5 Å². The molecule has 0 aliphatic carbocycles. The minimum atomic E-state index is 0.697. The van der Waals surface area contributed by atoms with Crippen molar-refractivity contribution in [3.05, 3.63) is 36.7 Å². The van der Waals surface area contributed by atoms with Gasteiger partial charge in [-0.05, 0) is 56.4 Å². The van der Waals surface area contributed by atoms with Crippen molar-refractivity contribution in [1.82, 2.24) is 9.97 Å². The maximum Gasteiger partial charge on any atom is 0.159 e. The summed E-state index contributed by atoms with van der Waals surface area (Å²) in [4.78, 5) is 8.88. The van der Waals surface area contributed by atoms with Gasteiger partial charge in [0.2, 0.25) is 0 Å². The van der Waals surface area contributed by atoms with Crippen molar-refractivity contribution in [2.24, 2.45) is 0 Å². The lowest BCUT2D eigenvalue weighted by Crippen LogP contribution is -2.00. The Kier molecular flexibility index (Phi) is 12.6. The SMILES string of the molecule is CCCCCCOc1ccc(-c2ncc(OCCCCCCOCCC)cn2)cc1. The molecule has 0 atom stereocenters. The van der Waals surface area contributed by atoms with Crippen LogP contribution in [0.1, 0.15) is 71.6 Å². The van der Waals surface area contributed by atoms with Crippen molar-refractivity contribution in [2.75, 3.05) is 26.4 Å². The maximum absolute atomic E-state index is 5.79. The zero-order valence-electron chi connectivity index (χ0n) is 18.8. The minimum absolute atomic E-state index is 0.697. The summed E-state index contributed by atoms with van der Waals surface area (Å²) in [6.45, 7) is 7.56. The van der Waals surface area contributed by atoms with E-state index < -0.39 is 0 Å². The quantitative estimate of drug-likeness (QED) is 0.278. The molecule has 0 saturated carbocycles. The molecule has 30 heavy (non-hydrogen) atoms. The van der Waals surface area contributed by atoms with E-state index in [4.69, 9.17) is 14.2 Å². The van der Waals surface area contributed by atoms with Gasteiger partial charge in [0.25, 0.3) is 0 Å². The molecule has 0 N–H and O–H groups in total. The summed E-state index contributed by atoms with van der Waals surface area (Å²) in [5, 5.41) is 0. The number of hydrogen-bond donors (Lipinski definition) is 0. The van der Waals surface area contributed by atoms with Crippen LogP contribution in [-0.2, 0) is 4.74 Å². The van der Waals surface area contributed by atoms with Crippen LogP contribution in [0, 0.1) is 0 Å². The summed E-state index contributed by atoms with van der Waals surface area (Å²) < 4.78 is 17.0. The first kappa shape index (κ1) is 24.1. The lowest BCUT2D eigenvalue weighted by Gasteiger charge is -2.08. The van der Waals surface area contributed by atoms with Gasteiger partial charge in [-0.3, -0.25) is 0 Å². The summed E-state index contributed by atoms with van der Waals surface area (Å²) in [6.07, 6.45) is 13.9. The van der Waals surface area contributed by atoms with Gasteiger partial charge in [0.1, 0.15) is 5.75 Å². The molecule has 0 saturated heterocycles. The standard InChI is InChI=1S/C25H38N2O3/c1-3-5-6-10-18-29-23-14-12-22(13-15-23)25-26-20-24(21-27-25)30-19-11-8-7-9-17-28-16-4-2/h12-15,20-21H,3-11,16-19H2,1-2H3. The van der Waals surface area contributed by atoms with Gasteiger partial charge < -0.3 is 14.2 Å². The zero-order chi connectivity index (χ0) is 21.3. The molecular formula is C25H38N2O3. The summed E-state index contributed by atoms with van der Waals surface area (Å²) >= 11 is 0. The number of nitrogens with zero attached hydrogens (tertiary/aromatic N) is 2. The summed E-state index contributed by atoms with van der Waals surface area (Å²) in [5.41, 5.74) is 0.977. The predicted molar refractivity (Wildman–Crippen MR) is 122 cm³/mol. The Hall–Kier alpha value is -2.14. The monoisotopic (exact) mass is 414 g/mol. The fraction of sp³-hybridized carbons (Fsp3) is 0.600. The van der Waals surface area contributed by atoms with Gasteiger partial charge >= 0.3 is 0 Å². The van der Waals surface area contributed by atoms with Crippen LogP contribution in [0.2, 0.25) is 0 Å². The molecule has 166 valence electrons. The maximum atomic E-state index is 5.79. The Morgan fingerprint density at radius 1 is 0.600 bits per heavy atom. The molecule has 0 fully saturated rings. The van der Waals surface area contributed by atoms with Crippen LogP contribution in [0.15, 0.2) is 36.7 Å². The fourth-order valence-electron chi connectivity index (χ4n) is 3.06. The second kappa shape index (κ2) is 15.7. The molecule has 0 aliphatic heterocycles. The Balaban J connectivity index is 1.64. The van der Waals surface area contributed by atoms with E-state index in [9.17, 15) is 0 Å². The van der Waals surface area contributed by atoms with Crippen LogP contribution < -0.4 is 9.47 Å². The van der Waals surface area contributed by atoms with Crippen molar-refractivity contribution in [1.29, 1.82) is 0 Å². The first-order chi connectivity index (χ1) is 14.8. The van der Waals surface area contributed by atoms with Crippen LogP contribution in [0.25, 0.3) is 11.4 Å². The van der Waals surface area contributed by atoms with Crippen LogP contribution in [0.3, 0.4) is 0 Å². The molecule has 0 bridgehead atoms. The van der Waals surface area contributed by atoms with E-state index in [0.717, 1.165) is 69.0 Å². The van der Waals surface area contributed by atoms with E-state index in [1.165, 1.54) is 25.7 Å². The highest BCUT2D eigenvalue weighted by Gasteiger charge is 2.03. The number of ether oxygens (including phenoxy) is 3. The molecule has 5 nitrogen and oxygen atoms in total. The third-order valence-corrected chi connectivity index (χ3v) is 4.81. The van der Waals surface area contributed by atoms with E-state index in [0.29, 0.717) is 12.4 Å². The van der Waals surface area contributed by atoms with Gasteiger partial charge in [-0.2, -0.15) is 0 Å². The van der Waals surface area contributed by atoms with Gasteiger partial charge in [0.15, 0.2) is 11.6 Å². The highest BCUT2D eigenvalue weighted by molar-refractivity contribution is 5.56. The fourth-order valence-corrected chi connectivity index (χ4v) is 3.06. The molecule has 0 spiro atoms. The van der Waals surface area contributed by atoms with Crippen molar-refractivity contribution >= 4 is 0 Å². The molecule has 2 rings (SSSR count). The first-order valence-electron chi connectivity index (χ1n) is 11.6.